The van der Waals surface area contributed by atoms with Gasteiger partial charge in [-0.05, 0) is 49.1 Å². The molecule has 2 saturated heterocycles. The summed E-state index contributed by atoms with van der Waals surface area (Å²) in [5.74, 6) is 2.32. The molecular formula is C21H28N6O. The first-order chi connectivity index (χ1) is 13.7. The predicted octanol–water partition coefficient (Wildman–Crippen LogP) is 2.73. The lowest BCUT2D eigenvalue weighted by atomic mass is 9.99. The summed E-state index contributed by atoms with van der Waals surface area (Å²) in [5.41, 5.74) is 2.26. The Morgan fingerprint density at radius 3 is 2.36 bits per heavy atom. The van der Waals surface area contributed by atoms with Crippen LogP contribution in [0.4, 0.5) is 23.1 Å². The second-order valence-corrected chi connectivity index (χ2v) is 7.71. The van der Waals surface area contributed by atoms with Crippen molar-refractivity contribution >= 4 is 29.6 Å². The van der Waals surface area contributed by atoms with E-state index in [1.54, 1.807) is 11.1 Å². The molecule has 1 amide bonds. The molecule has 0 bridgehead atoms. The Morgan fingerprint density at radius 1 is 0.964 bits per heavy atom. The van der Waals surface area contributed by atoms with Gasteiger partial charge in [0.25, 0.3) is 0 Å². The topological polar surface area (TPSA) is 64.6 Å². The highest BCUT2D eigenvalue weighted by molar-refractivity contribution is 5.60. The predicted molar refractivity (Wildman–Crippen MR) is 112 cm³/mol. The SMILES string of the molecule is CC1CCN(c2ccc(Nc3nccc(N4CCN(C=O)CC4)n3)cc2)CC1. The van der Waals surface area contributed by atoms with Gasteiger partial charge in [0, 0.05) is 56.8 Å². The number of carbonyl (C=O) groups excluding carboxylic acids is 1. The molecule has 7 nitrogen and oxygen atoms in total. The van der Waals surface area contributed by atoms with Gasteiger partial charge in [0.05, 0.1) is 0 Å². The van der Waals surface area contributed by atoms with Gasteiger partial charge < -0.3 is 20.0 Å². The summed E-state index contributed by atoms with van der Waals surface area (Å²) >= 11 is 0. The Balaban J connectivity index is 1.38. The van der Waals surface area contributed by atoms with E-state index in [0.29, 0.717) is 5.95 Å². The largest absolute Gasteiger partial charge is 0.372 e. The quantitative estimate of drug-likeness (QED) is 0.805. The molecule has 148 valence electrons. The van der Waals surface area contributed by atoms with Gasteiger partial charge in [0.1, 0.15) is 5.82 Å². The minimum absolute atomic E-state index is 0.592. The van der Waals surface area contributed by atoms with Crippen LogP contribution >= 0.6 is 0 Å². The number of hydrogen-bond donors (Lipinski definition) is 1. The van der Waals surface area contributed by atoms with Gasteiger partial charge in [-0.15, -0.1) is 0 Å². The number of aromatic nitrogens is 2. The maximum atomic E-state index is 10.9. The molecule has 1 aromatic carbocycles. The zero-order valence-electron chi connectivity index (χ0n) is 16.4. The minimum atomic E-state index is 0.592. The van der Waals surface area contributed by atoms with Crippen LogP contribution in [0.3, 0.4) is 0 Å². The van der Waals surface area contributed by atoms with Crippen molar-refractivity contribution in [2.24, 2.45) is 5.92 Å². The van der Waals surface area contributed by atoms with Gasteiger partial charge >= 0.3 is 0 Å². The number of hydrogen-bond acceptors (Lipinski definition) is 6. The van der Waals surface area contributed by atoms with Crippen molar-refractivity contribution < 1.29 is 4.79 Å². The molecule has 4 rings (SSSR count). The van der Waals surface area contributed by atoms with Crippen LogP contribution in [0, 0.1) is 5.92 Å². The van der Waals surface area contributed by atoms with E-state index >= 15 is 0 Å². The Bertz CT molecular complexity index is 780. The van der Waals surface area contributed by atoms with Crippen LogP contribution in [0.2, 0.25) is 0 Å². The number of carbonyl (C=O) groups is 1. The highest BCUT2D eigenvalue weighted by Gasteiger charge is 2.18. The second-order valence-electron chi connectivity index (χ2n) is 7.71. The maximum Gasteiger partial charge on any atom is 0.229 e. The van der Waals surface area contributed by atoms with E-state index in [1.165, 1.54) is 18.5 Å². The van der Waals surface area contributed by atoms with Crippen molar-refractivity contribution in [3.8, 4) is 0 Å². The van der Waals surface area contributed by atoms with E-state index < -0.39 is 0 Å². The molecule has 0 aliphatic carbocycles. The van der Waals surface area contributed by atoms with Gasteiger partial charge in [-0.25, -0.2) is 4.98 Å². The number of rotatable bonds is 5. The van der Waals surface area contributed by atoms with Crippen molar-refractivity contribution in [3.05, 3.63) is 36.5 Å². The van der Waals surface area contributed by atoms with Gasteiger partial charge in [-0.3, -0.25) is 4.79 Å². The van der Waals surface area contributed by atoms with E-state index in [9.17, 15) is 4.79 Å². The third kappa shape index (κ3) is 4.35. The lowest BCUT2D eigenvalue weighted by Crippen LogP contribution is -2.46. The van der Waals surface area contributed by atoms with Crippen molar-refractivity contribution in [2.75, 3.05) is 54.4 Å². The molecule has 0 radical (unpaired) electrons. The lowest BCUT2D eigenvalue weighted by molar-refractivity contribution is -0.118. The van der Waals surface area contributed by atoms with Crippen LogP contribution in [0.5, 0.6) is 0 Å². The van der Waals surface area contributed by atoms with Crippen LogP contribution in [0.25, 0.3) is 0 Å². The van der Waals surface area contributed by atoms with Gasteiger partial charge in [0.15, 0.2) is 0 Å². The third-order valence-corrected chi connectivity index (χ3v) is 5.70. The molecule has 2 aromatic rings. The van der Waals surface area contributed by atoms with E-state index in [1.807, 2.05) is 6.07 Å². The van der Waals surface area contributed by atoms with Crippen molar-refractivity contribution in [2.45, 2.75) is 19.8 Å². The van der Waals surface area contributed by atoms with Gasteiger partial charge in [0.2, 0.25) is 12.4 Å². The molecule has 0 unspecified atom stereocenters. The molecule has 7 heteroatoms. The van der Waals surface area contributed by atoms with Crippen LogP contribution < -0.4 is 15.1 Å². The highest BCUT2D eigenvalue weighted by atomic mass is 16.1. The number of nitrogens with one attached hydrogen (secondary N) is 1. The molecule has 2 aliphatic heterocycles. The second kappa shape index (κ2) is 8.46. The van der Waals surface area contributed by atoms with Crippen molar-refractivity contribution in [1.82, 2.24) is 14.9 Å². The normalized spacial score (nSPS) is 18.2. The number of amides is 1. The molecule has 1 aromatic heterocycles. The number of nitrogens with zero attached hydrogens (tertiary/aromatic N) is 5. The molecular weight excluding hydrogens is 352 g/mol. The van der Waals surface area contributed by atoms with Crippen molar-refractivity contribution in [3.63, 3.8) is 0 Å². The zero-order valence-corrected chi connectivity index (χ0v) is 16.4. The van der Waals surface area contributed by atoms with E-state index in [0.717, 1.165) is 63.1 Å². The summed E-state index contributed by atoms with van der Waals surface area (Å²) < 4.78 is 0. The van der Waals surface area contributed by atoms with Gasteiger partial charge in [-0.2, -0.15) is 4.98 Å². The Morgan fingerprint density at radius 2 is 1.68 bits per heavy atom. The monoisotopic (exact) mass is 380 g/mol. The zero-order chi connectivity index (χ0) is 19.3. The van der Waals surface area contributed by atoms with Crippen molar-refractivity contribution in [1.29, 1.82) is 0 Å². The first-order valence-electron chi connectivity index (χ1n) is 10.1. The van der Waals surface area contributed by atoms with Crippen LogP contribution in [-0.2, 0) is 4.79 Å². The van der Waals surface area contributed by atoms with Crippen LogP contribution in [-0.4, -0.2) is 60.5 Å². The number of piperidine rings is 1. The number of benzene rings is 1. The Kier molecular flexibility index (Phi) is 5.60. The third-order valence-electron chi connectivity index (χ3n) is 5.70. The first kappa shape index (κ1) is 18.5. The molecule has 28 heavy (non-hydrogen) atoms. The summed E-state index contributed by atoms with van der Waals surface area (Å²) in [6.45, 7) is 7.64. The van der Waals surface area contributed by atoms with E-state index in [4.69, 9.17) is 0 Å². The van der Waals surface area contributed by atoms with E-state index in [-0.39, 0.29) is 0 Å². The molecule has 3 heterocycles. The molecule has 0 saturated carbocycles. The standard InChI is InChI=1S/C21H28N6O/c1-17-7-10-26(11-8-17)19-4-2-18(3-5-19)23-21-22-9-6-20(24-21)27-14-12-25(16-28)13-15-27/h2-6,9,16-17H,7-8,10-15H2,1H3,(H,22,23,24). The number of piperazine rings is 1. The Hall–Kier alpha value is -2.83. The Labute approximate surface area is 166 Å². The minimum Gasteiger partial charge on any atom is -0.372 e. The summed E-state index contributed by atoms with van der Waals surface area (Å²) in [5, 5.41) is 3.31. The average Bonchev–Trinajstić information content (AvgIpc) is 2.75. The fourth-order valence-corrected chi connectivity index (χ4v) is 3.79. The lowest BCUT2D eigenvalue weighted by Gasteiger charge is -2.33. The molecule has 2 fully saturated rings. The molecule has 0 spiro atoms. The fourth-order valence-electron chi connectivity index (χ4n) is 3.79. The summed E-state index contributed by atoms with van der Waals surface area (Å²) in [4.78, 5) is 26.3. The summed E-state index contributed by atoms with van der Waals surface area (Å²) in [7, 11) is 0. The summed E-state index contributed by atoms with van der Waals surface area (Å²) in [6.07, 6.45) is 5.22. The molecule has 0 atom stereocenters. The number of anilines is 4. The molecule has 2 aliphatic rings. The first-order valence-corrected chi connectivity index (χ1v) is 10.1. The average molecular weight is 380 g/mol. The van der Waals surface area contributed by atoms with Crippen LogP contribution in [0.15, 0.2) is 36.5 Å². The van der Waals surface area contributed by atoms with Crippen LogP contribution in [0.1, 0.15) is 19.8 Å². The highest BCUT2D eigenvalue weighted by Crippen LogP contribution is 2.25. The smallest absolute Gasteiger partial charge is 0.229 e. The maximum absolute atomic E-state index is 10.9. The van der Waals surface area contributed by atoms with Gasteiger partial charge in [-0.1, -0.05) is 6.92 Å². The van der Waals surface area contributed by atoms with E-state index in [2.05, 4.69) is 56.3 Å². The molecule has 1 N–H and O–H groups in total. The fraction of sp³-hybridized carbons (Fsp3) is 0.476. The summed E-state index contributed by atoms with van der Waals surface area (Å²) in [6, 6.07) is 10.4.